The summed E-state index contributed by atoms with van der Waals surface area (Å²) in [7, 11) is 0. The molecule has 0 aliphatic heterocycles. The Hall–Kier alpha value is -1.34. The van der Waals surface area contributed by atoms with Crippen LogP contribution in [0.1, 0.15) is 91.4 Å². The number of hydrogen-bond acceptors (Lipinski definition) is 3. The summed E-state index contributed by atoms with van der Waals surface area (Å²) in [6.07, 6.45) is 14.0. The van der Waals surface area contributed by atoms with Gasteiger partial charge in [0.1, 0.15) is 11.4 Å². The van der Waals surface area contributed by atoms with Crippen molar-refractivity contribution in [3.63, 3.8) is 0 Å². The second kappa shape index (κ2) is 11.5. The fourth-order valence-corrected chi connectivity index (χ4v) is 4.60. The highest BCUT2D eigenvalue weighted by molar-refractivity contribution is 5.88. The number of aliphatic hydroxyl groups is 1. The van der Waals surface area contributed by atoms with Crippen LogP contribution in [0.25, 0.3) is 0 Å². The molecule has 0 saturated heterocycles. The molecule has 0 amide bonds. The molecule has 1 fully saturated rings. The number of rotatable bonds is 13. The van der Waals surface area contributed by atoms with Crippen molar-refractivity contribution in [3.8, 4) is 12.3 Å². The number of Topliss-reactive ketones (excluding diaryl/α,β-unsaturated/α-hetero) is 1. The molecule has 0 aromatic rings. The third-order valence-corrected chi connectivity index (χ3v) is 6.31. The van der Waals surface area contributed by atoms with E-state index in [0.29, 0.717) is 32.1 Å². The van der Waals surface area contributed by atoms with E-state index in [1.54, 1.807) is 0 Å². The molecule has 1 saturated carbocycles. The molecule has 27 heavy (non-hydrogen) atoms. The molecular formula is C23H38O4. The second-order valence-corrected chi connectivity index (χ2v) is 8.45. The van der Waals surface area contributed by atoms with Crippen molar-refractivity contribution in [2.45, 2.75) is 97.0 Å². The monoisotopic (exact) mass is 378 g/mol. The van der Waals surface area contributed by atoms with Crippen LogP contribution in [0.15, 0.2) is 0 Å². The quantitative estimate of drug-likeness (QED) is 0.355. The molecule has 0 aromatic heterocycles. The van der Waals surface area contributed by atoms with Crippen LogP contribution in [0, 0.1) is 36.0 Å². The van der Waals surface area contributed by atoms with Gasteiger partial charge in [0, 0.05) is 12.3 Å². The van der Waals surface area contributed by atoms with Crippen molar-refractivity contribution in [2.24, 2.45) is 23.7 Å². The second-order valence-electron chi connectivity index (χ2n) is 8.45. The maximum atomic E-state index is 12.6. The third-order valence-electron chi connectivity index (χ3n) is 6.31. The molecule has 1 unspecified atom stereocenters. The lowest BCUT2D eigenvalue weighted by molar-refractivity contribution is -0.147. The number of hydrogen-bond donors (Lipinski definition) is 2. The van der Waals surface area contributed by atoms with Crippen LogP contribution in [-0.4, -0.2) is 27.6 Å². The summed E-state index contributed by atoms with van der Waals surface area (Å²) >= 11 is 0. The maximum absolute atomic E-state index is 12.6. The van der Waals surface area contributed by atoms with Gasteiger partial charge in [-0.05, 0) is 43.9 Å². The summed E-state index contributed by atoms with van der Waals surface area (Å²) in [5.74, 6) is 0.851. The smallest absolute Gasteiger partial charge is 0.307 e. The summed E-state index contributed by atoms with van der Waals surface area (Å²) in [6, 6.07) is 0. The zero-order chi connectivity index (χ0) is 20.4. The fraction of sp³-hybridized carbons (Fsp3) is 0.826. The first-order chi connectivity index (χ1) is 12.8. The van der Waals surface area contributed by atoms with E-state index in [2.05, 4.69) is 19.8 Å². The summed E-state index contributed by atoms with van der Waals surface area (Å²) in [5.41, 5.74) is -1.15. The van der Waals surface area contributed by atoms with Gasteiger partial charge in [-0.1, -0.05) is 58.8 Å². The van der Waals surface area contributed by atoms with Gasteiger partial charge in [0.05, 0.1) is 5.92 Å². The predicted octanol–water partition coefficient (Wildman–Crippen LogP) is 4.83. The average molecular weight is 379 g/mol. The van der Waals surface area contributed by atoms with Gasteiger partial charge in [-0.15, -0.1) is 6.42 Å². The Labute approximate surface area is 165 Å². The predicted molar refractivity (Wildman–Crippen MR) is 108 cm³/mol. The molecule has 4 nitrogen and oxygen atoms in total. The summed E-state index contributed by atoms with van der Waals surface area (Å²) < 4.78 is 0. The van der Waals surface area contributed by atoms with Crippen molar-refractivity contribution in [1.82, 2.24) is 0 Å². The van der Waals surface area contributed by atoms with Gasteiger partial charge in [-0.25, -0.2) is 0 Å². The van der Waals surface area contributed by atoms with Crippen molar-refractivity contribution < 1.29 is 19.8 Å². The topological polar surface area (TPSA) is 74.6 Å². The van der Waals surface area contributed by atoms with Gasteiger partial charge in [0.2, 0.25) is 0 Å². The average Bonchev–Trinajstić information content (AvgIpc) is 2.90. The number of aliphatic carboxylic acids is 1. The molecule has 1 rings (SSSR count). The molecule has 4 heteroatoms. The first kappa shape index (κ1) is 23.7. The fourth-order valence-electron chi connectivity index (χ4n) is 4.60. The van der Waals surface area contributed by atoms with Crippen molar-refractivity contribution >= 4 is 11.8 Å². The van der Waals surface area contributed by atoms with E-state index in [-0.39, 0.29) is 17.6 Å². The van der Waals surface area contributed by atoms with Crippen LogP contribution in [0.3, 0.4) is 0 Å². The summed E-state index contributed by atoms with van der Waals surface area (Å²) in [5, 5.41) is 20.5. The van der Waals surface area contributed by atoms with Gasteiger partial charge >= 0.3 is 5.97 Å². The zero-order valence-electron chi connectivity index (χ0n) is 17.4. The van der Waals surface area contributed by atoms with Gasteiger partial charge in [-0.2, -0.15) is 0 Å². The van der Waals surface area contributed by atoms with Crippen LogP contribution >= 0.6 is 0 Å². The Morgan fingerprint density at radius 2 is 1.85 bits per heavy atom. The highest BCUT2D eigenvalue weighted by Gasteiger charge is 2.46. The van der Waals surface area contributed by atoms with E-state index in [9.17, 15) is 19.8 Å². The van der Waals surface area contributed by atoms with Crippen LogP contribution in [0.2, 0.25) is 0 Å². The SMILES string of the molecule is C#C[C@@](O)(CCCCC)CC[C@H]1[C@H](C)CC(=O)[C@H]1C(CCCCC)C(=O)O. The lowest BCUT2D eigenvalue weighted by Gasteiger charge is -2.30. The first-order valence-corrected chi connectivity index (χ1v) is 10.7. The number of terminal acetylenes is 1. The molecule has 0 heterocycles. The Morgan fingerprint density at radius 1 is 1.22 bits per heavy atom. The van der Waals surface area contributed by atoms with Crippen molar-refractivity contribution in [2.75, 3.05) is 0 Å². The summed E-state index contributed by atoms with van der Waals surface area (Å²) in [6.45, 7) is 6.22. The van der Waals surface area contributed by atoms with E-state index in [1.165, 1.54) is 0 Å². The van der Waals surface area contributed by atoms with Gasteiger partial charge in [-0.3, -0.25) is 9.59 Å². The van der Waals surface area contributed by atoms with E-state index >= 15 is 0 Å². The zero-order valence-corrected chi connectivity index (χ0v) is 17.4. The van der Waals surface area contributed by atoms with E-state index < -0.39 is 23.4 Å². The highest BCUT2D eigenvalue weighted by atomic mass is 16.4. The standard InChI is InChI=1S/C23H38O4/c1-5-8-10-12-19(22(25)26)21-18(17(4)16-20(21)24)13-15-23(27,7-3)14-11-9-6-2/h3,17-19,21,27H,5-6,8-16H2,1-2,4H3,(H,25,26)/t17-,18+,19?,21-,23-/m1/s1. The molecule has 5 atom stereocenters. The normalized spacial score (nSPS) is 25.7. The van der Waals surface area contributed by atoms with Gasteiger partial charge in [0.15, 0.2) is 0 Å². The molecule has 2 N–H and O–H groups in total. The minimum absolute atomic E-state index is 0.00808. The molecule has 0 radical (unpaired) electrons. The molecule has 0 spiro atoms. The molecule has 0 aromatic carbocycles. The Kier molecular flexibility index (Phi) is 10.1. The van der Waals surface area contributed by atoms with E-state index in [1.807, 2.05) is 6.92 Å². The summed E-state index contributed by atoms with van der Waals surface area (Å²) in [4.78, 5) is 24.5. The van der Waals surface area contributed by atoms with Crippen LogP contribution in [-0.2, 0) is 9.59 Å². The Morgan fingerprint density at radius 3 is 2.41 bits per heavy atom. The molecule has 1 aliphatic carbocycles. The van der Waals surface area contributed by atoms with Crippen LogP contribution in [0.5, 0.6) is 0 Å². The maximum Gasteiger partial charge on any atom is 0.307 e. The number of carbonyl (C=O) groups excluding carboxylic acids is 1. The van der Waals surface area contributed by atoms with Crippen molar-refractivity contribution in [1.29, 1.82) is 0 Å². The van der Waals surface area contributed by atoms with Crippen LogP contribution < -0.4 is 0 Å². The van der Waals surface area contributed by atoms with Gasteiger partial charge < -0.3 is 10.2 Å². The third kappa shape index (κ3) is 6.96. The largest absolute Gasteiger partial charge is 0.481 e. The lowest BCUT2D eigenvalue weighted by atomic mass is 9.75. The Bertz CT molecular complexity index is 521. The lowest BCUT2D eigenvalue weighted by Crippen LogP contribution is -2.34. The molecular weight excluding hydrogens is 340 g/mol. The molecule has 0 bridgehead atoms. The van der Waals surface area contributed by atoms with Gasteiger partial charge in [0.25, 0.3) is 0 Å². The molecule has 1 aliphatic rings. The number of unbranched alkanes of at least 4 members (excludes halogenated alkanes) is 4. The number of carboxylic acids is 1. The Balaban J connectivity index is 2.83. The first-order valence-electron chi connectivity index (χ1n) is 10.7. The number of ketones is 1. The number of carboxylic acid groups (broad SMARTS) is 1. The van der Waals surface area contributed by atoms with Crippen LogP contribution in [0.4, 0.5) is 0 Å². The number of carbonyl (C=O) groups is 2. The minimum Gasteiger partial charge on any atom is -0.481 e. The van der Waals surface area contributed by atoms with Crippen molar-refractivity contribution in [3.05, 3.63) is 0 Å². The van der Waals surface area contributed by atoms with E-state index in [0.717, 1.165) is 38.5 Å². The molecule has 154 valence electrons. The minimum atomic E-state index is -1.15. The van der Waals surface area contributed by atoms with E-state index in [4.69, 9.17) is 6.42 Å². The highest BCUT2D eigenvalue weighted by Crippen LogP contribution is 2.44.